The third-order valence-electron chi connectivity index (χ3n) is 3.92. The third-order valence-corrected chi connectivity index (χ3v) is 5.21. The quantitative estimate of drug-likeness (QED) is 0.598. The maximum absolute atomic E-state index is 12.6. The number of aromatic nitrogens is 1. The van der Waals surface area contributed by atoms with Gasteiger partial charge in [0.15, 0.2) is 5.13 Å². The number of carbonyl (C=O) groups excluding carboxylic acids is 2. The van der Waals surface area contributed by atoms with Crippen molar-refractivity contribution >= 4 is 56.2 Å². The summed E-state index contributed by atoms with van der Waals surface area (Å²) in [4.78, 5) is 27.8. The molecule has 26 heavy (non-hydrogen) atoms. The number of hydrogen-bond donors (Lipinski definition) is 2. The number of benzene rings is 2. The third kappa shape index (κ3) is 4.03. The van der Waals surface area contributed by atoms with E-state index in [0.29, 0.717) is 22.8 Å². The number of aryl methyl sites for hydroxylation is 1. The van der Waals surface area contributed by atoms with E-state index in [0.717, 1.165) is 27.2 Å². The fourth-order valence-electron chi connectivity index (χ4n) is 2.41. The monoisotopic (exact) mass is 387 g/mol. The van der Waals surface area contributed by atoms with Crippen molar-refractivity contribution < 1.29 is 9.59 Å². The highest BCUT2D eigenvalue weighted by Crippen LogP contribution is 2.29. The summed E-state index contributed by atoms with van der Waals surface area (Å²) in [6, 6.07) is 10.8. The molecule has 0 fully saturated rings. The molecule has 3 aromatic rings. The summed E-state index contributed by atoms with van der Waals surface area (Å²) in [6.45, 7) is 4.26. The van der Waals surface area contributed by atoms with Crippen LogP contribution in [0.4, 0.5) is 10.8 Å². The van der Waals surface area contributed by atoms with Crippen LogP contribution in [0, 0.1) is 12.8 Å². The Balaban J connectivity index is 1.80. The predicted molar refractivity (Wildman–Crippen MR) is 107 cm³/mol. The molecule has 1 heterocycles. The summed E-state index contributed by atoms with van der Waals surface area (Å²) in [7, 11) is 0. The normalized spacial score (nSPS) is 12.0. The zero-order valence-corrected chi connectivity index (χ0v) is 15.9. The second-order valence-corrected chi connectivity index (χ2v) is 7.52. The van der Waals surface area contributed by atoms with E-state index in [2.05, 4.69) is 15.6 Å². The van der Waals surface area contributed by atoms with Gasteiger partial charge >= 0.3 is 0 Å². The molecule has 5 nitrogen and oxygen atoms in total. The topological polar surface area (TPSA) is 71.1 Å². The van der Waals surface area contributed by atoms with E-state index in [9.17, 15) is 9.59 Å². The fraction of sp³-hybridized carbons (Fsp3) is 0.211. The Morgan fingerprint density at radius 3 is 2.88 bits per heavy atom. The number of nitrogens with one attached hydrogen (secondary N) is 2. The molecule has 0 aliphatic carbocycles. The minimum absolute atomic E-state index is 0.0813. The standard InChI is InChI=1S/C19H18ClN3O2S/c1-11(10-24)9-21-19-22-15-7-6-13(8-16(15)26-19)18(25)23-17-12(2)4-3-5-14(17)20/h3-8,10-11H,9H2,1-2H3,(H,21,22)(H,23,25). The average Bonchev–Trinajstić information content (AvgIpc) is 3.04. The van der Waals surface area contributed by atoms with Crippen LogP contribution in [-0.2, 0) is 4.79 Å². The maximum atomic E-state index is 12.6. The van der Waals surface area contributed by atoms with Gasteiger partial charge in [0.1, 0.15) is 6.29 Å². The molecule has 0 spiro atoms. The van der Waals surface area contributed by atoms with Gasteiger partial charge in [-0.1, -0.05) is 42.0 Å². The fourth-order valence-corrected chi connectivity index (χ4v) is 3.59. The highest BCUT2D eigenvalue weighted by atomic mass is 35.5. The summed E-state index contributed by atoms with van der Waals surface area (Å²) in [5.74, 6) is -0.303. The van der Waals surface area contributed by atoms with E-state index in [1.165, 1.54) is 11.3 Å². The van der Waals surface area contributed by atoms with Crippen LogP contribution in [0.3, 0.4) is 0 Å². The minimum Gasteiger partial charge on any atom is -0.361 e. The van der Waals surface area contributed by atoms with Crippen LogP contribution >= 0.6 is 22.9 Å². The molecular formula is C19H18ClN3O2S. The van der Waals surface area contributed by atoms with Gasteiger partial charge in [0.25, 0.3) is 5.91 Å². The summed E-state index contributed by atoms with van der Waals surface area (Å²) >= 11 is 7.63. The first-order chi connectivity index (χ1) is 12.5. The number of amides is 1. The van der Waals surface area contributed by atoms with E-state index in [4.69, 9.17) is 11.6 Å². The van der Waals surface area contributed by atoms with Gasteiger partial charge in [-0.2, -0.15) is 0 Å². The second-order valence-electron chi connectivity index (χ2n) is 6.08. The molecule has 1 amide bonds. The first-order valence-corrected chi connectivity index (χ1v) is 9.33. The van der Waals surface area contributed by atoms with Gasteiger partial charge in [0, 0.05) is 18.0 Å². The number of nitrogens with zero attached hydrogens (tertiary/aromatic N) is 1. The lowest BCUT2D eigenvalue weighted by Crippen LogP contribution is -2.13. The Hall–Kier alpha value is -2.44. The summed E-state index contributed by atoms with van der Waals surface area (Å²) in [6.07, 6.45) is 0.902. The SMILES string of the molecule is Cc1cccc(Cl)c1NC(=O)c1ccc2nc(NCC(C)C=O)sc2c1. The van der Waals surface area contributed by atoms with Gasteiger partial charge < -0.3 is 15.4 Å². The predicted octanol–water partition coefficient (Wildman–Crippen LogP) is 4.76. The molecule has 1 atom stereocenters. The van der Waals surface area contributed by atoms with E-state index >= 15 is 0 Å². The van der Waals surface area contributed by atoms with E-state index in [1.54, 1.807) is 12.1 Å². The van der Waals surface area contributed by atoms with Gasteiger partial charge in [-0.3, -0.25) is 4.79 Å². The molecule has 0 aliphatic rings. The molecule has 0 bridgehead atoms. The molecule has 3 rings (SSSR count). The van der Waals surface area contributed by atoms with Crippen molar-refractivity contribution in [1.29, 1.82) is 0 Å². The molecule has 1 aromatic heterocycles. The lowest BCUT2D eigenvalue weighted by atomic mass is 10.1. The molecule has 2 N–H and O–H groups in total. The molecule has 0 saturated carbocycles. The number of anilines is 2. The number of rotatable bonds is 6. The van der Waals surface area contributed by atoms with Crippen molar-refractivity contribution in [2.24, 2.45) is 5.92 Å². The van der Waals surface area contributed by atoms with Crippen molar-refractivity contribution in [3.05, 3.63) is 52.5 Å². The Bertz CT molecular complexity index is 950. The molecule has 0 saturated heterocycles. The minimum atomic E-state index is -0.222. The Labute approximate surface area is 160 Å². The van der Waals surface area contributed by atoms with Gasteiger partial charge in [0.05, 0.1) is 20.9 Å². The molecule has 2 aromatic carbocycles. The average molecular weight is 388 g/mol. The Morgan fingerprint density at radius 2 is 2.15 bits per heavy atom. The number of carbonyl (C=O) groups is 2. The lowest BCUT2D eigenvalue weighted by Gasteiger charge is -2.10. The van der Waals surface area contributed by atoms with E-state index < -0.39 is 0 Å². The number of halogens is 1. The zero-order valence-electron chi connectivity index (χ0n) is 14.4. The Morgan fingerprint density at radius 1 is 1.35 bits per heavy atom. The van der Waals surface area contributed by atoms with Crippen LogP contribution in [0.15, 0.2) is 36.4 Å². The van der Waals surface area contributed by atoms with Crippen LogP contribution in [0.25, 0.3) is 10.2 Å². The molecule has 1 unspecified atom stereocenters. The van der Waals surface area contributed by atoms with Crippen LogP contribution in [0.1, 0.15) is 22.8 Å². The van der Waals surface area contributed by atoms with E-state index in [-0.39, 0.29) is 11.8 Å². The molecule has 0 radical (unpaired) electrons. The smallest absolute Gasteiger partial charge is 0.255 e. The van der Waals surface area contributed by atoms with Crippen LogP contribution in [0.2, 0.25) is 5.02 Å². The van der Waals surface area contributed by atoms with Gasteiger partial charge in [-0.05, 0) is 36.8 Å². The van der Waals surface area contributed by atoms with Crippen molar-refractivity contribution in [2.75, 3.05) is 17.2 Å². The maximum Gasteiger partial charge on any atom is 0.255 e. The molecule has 0 aliphatic heterocycles. The number of aldehydes is 1. The highest BCUT2D eigenvalue weighted by molar-refractivity contribution is 7.22. The van der Waals surface area contributed by atoms with Crippen LogP contribution < -0.4 is 10.6 Å². The number of hydrogen-bond acceptors (Lipinski definition) is 5. The second kappa shape index (κ2) is 7.85. The number of thiazole rings is 1. The van der Waals surface area contributed by atoms with Gasteiger partial charge in [0.2, 0.25) is 0 Å². The van der Waals surface area contributed by atoms with Crippen molar-refractivity contribution in [2.45, 2.75) is 13.8 Å². The van der Waals surface area contributed by atoms with Gasteiger partial charge in [-0.15, -0.1) is 0 Å². The summed E-state index contributed by atoms with van der Waals surface area (Å²) in [5.41, 5.74) is 2.87. The molecular weight excluding hydrogens is 370 g/mol. The zero-order chi connectivity index (χ0) is 18.7. The van der Waals surface area contributed by atoms with Crippen LogP contribution in [-0.4, -0.2) is 23.7 Å². The molecule has 7 heteroatoms. The Kier molecular flexibility index (Phi) is 5.54. The van der Waals surface area contributed by atoms with Crippen molar-refractivity contribution in [3.8, 4) is 0 Å². The lowest BCUT2D eigenvalue weighted by molar-refractivity contribution is -0.110. The number of para-hydroxylation sites is 1. The number of fused-ring (bicyclic) bond motifs is 1. The van der Waals surface area contributed by atoms with Crippen molar-refractivity contribution in [1.82, 2.24) is 4.98 Å². The highest BCUT2D eigenvalue weighted by Gasteiger charge is 2.13. The van der Waals surface area contributed by atoms with Gasteiger partial charge in [-0.25, -0.2) is 4.98 Å². The molecule has 134 valence electrons. The first-order valence-electron chi connectivity index (χ1n) is 8.14. The van der Waals surface area contributed by atoms with Crippen molar-refractivity contribution in [3.63, 3.8) is 0 Å². The van der Waals surface area contributed by atoms with Crippen LogP contribution in [0.5, 0.6) is 0 Å². The summed E-state index contributed by atoms with van der Waals surface area (Å²) in [5, 5.41) is 7.26. The summed E-state index contributed by atoms with van der Waals surface area (Å²) < 4.78 is 0.898. The van der Waals surface area contributed by atoms with E-state index in [1.807, 2.05) is 38.1 Å². The largest absolute Gasteiger partial charge is 0.361 e. The first kappa shape index (κ1) is 18.4.